The molecule has 128 valence electrons. The molecule has 0 saturated carbocycles. The van der Waals surface area contributed by atoms with Crippen molar-refractivity contribution < 1.29 is 27.8 Å². The lowest BCUT2D eigenvalue weighted by molar-refractivity contribution is -0.151. The van der Waals surface area contributed by atoms with Crippen molar-refractivity contribution in [2.75, 3.05) is 31.7 Å². The highest BCUT2D eigenvalue weighted by Crippen LogP contribution is 2.36. The SMILES string of the molecule is COCC[C@@]1(C(=O)O)CCCN(c2cccc(C(F)(F)F)n2)C1. The molecule has 1 fully saturated rings. The summed E-state index contributed by atoms with van der Waals surface area (Å²) in [5, 5.41) is 9.58. The molecule has 1 saturated heterocycles. The highest BCUT2D eigenvalue weighted by atomic mass is 19.4. The third kappa shape index (κ3) is 3.93. The van der Waals surface area contributed by atoms with Crippen molar-refractivity contribution >= 4 is 11.8 Å². The van der Waals surface area contributed by atoms with Crippen molar-refractivity contribution in [3.05, 3.63) is 23.9 Å². The minimum atomic E-state index is -4.52. The Hall–Kier alpha value is -1.83. The van der Waals surface area contributed by atoms with Crippen LogP contribution in [0, 0.1) is 5.41 Å². The summed E-state index contributed by atoms with van der Waals surface area (Å²) >= 11 is 0. The van der Waals surface area contributed by atoms with E-state index < -0.39 is 23.3 Å². The summed E-state index contributed by atoms with van der Waals surface area (Å²) in [6, 6.07) is 3.67. The Labute approximate surface area is 132 Å². The Bertz CT molecular complexity index is 565. The van der Waals surface area contributed by atoms with Gasteiger partial charge in [-0.2, -0.15) is 13.2 Å². The highest BCUT2D eigenvalue weighted by Gasteiger charge is 2.42. The molecular weight excluding hydrogens is 313 g/mol. The molecule has 23 heavy (non-hydrogen) atoms. The number of rotatable bonds is 5. The van der Waals surface area contributed by atoms with E-state index in [0.29, 0.717) is 25.8 Å². The number of piperidine rings is 1. The maximum atomic E-state index is 12.8. The predicted molar refractivity (Wildman–Crippen MR) is 77.2 cm³/mol. The van der Waals surface area contributed by atoms with Gasteiger partial charge in [-0.1, -0.05) is 6.07 Å². The van der Waals surface area contributed by atoms with Gasteiger partial charge in [0.05, 0.1) is 5.41 Å². The molecule has 1 aromatic rings. The van der Waals surface area contributed by atoms with E-state index in [1.165, 1.54) is 19.2 Å². The average molecular weight is 332 g/mol. The Morgan fingerprint density at radius 1 is 1.48 bits per heavy atom. The molecule has 0 aliphatic carbocycles. The molecule has 1 aromatic heterocycles. The van der Waals surface area contributed by atoms with Gasteiger partial charge in [0.2, 0.25) is 0 Å². The lowest BCUT2D eigenvalue weighted by Crippen LogP contribution is -2.48. The Kier molecular flexibility index (Phi) is 5.13. The maximum Gasteiger partial charge on any atom is 0.433 e. The zero-order valence-electron chi connectivity index (χ0n) is 12.8. The van der Waals surface area contributed by atoms with Gasteiger partial charge in [0.1, 0.15) is 11.5 Å². The summed E-state index contributed by atoms with van der Waals surface area (Å²) in [6.45, 7) is 0.895. The molecule has 0 radical (unpaired) electrons. The molecule has 0 unspecified atom stereocenters. The third-order valence-corrected chi connectivity index (χ3v) is 4.16. The van der Waals surface area contributed by atoms with Crippen LogP contribution in [0.5, 0.6) is 0 Å². The third-order valence-electron chi connectivity index (χ3n) is 4.16. The largest absolute Gasteiger partial charge is 0.481 e. The van der Waals surface area contributed by atoms with Crippen molar-refractivity contribution in [1.82, 2.24) is 4.98 Å². The summed E-state index contributed by atoms with van der Waals surface area (Å²) in [7, 11) is 1.49. The fourth-order valence-electron chi connectivity index (χ4n) is 2.87. The van der Waals surface area contributed by atoms with E-state index in [-0.39, 0.29) is 19.0 Å². The number of hydrogen-bond donors (Lipinski definition) is 1. The molecule has 0 aromatic carbocycles. The van der Waals surface area contributed by atoms with Gasteiger partial charge in [0.15, 0.2) is 0 Å². The average Bonchev–Trinajstić information content (AvgIpc) is 2.52. The van der Waals surface area contributed by atoms with E-state index >= 15 is 0 Å². The van der Waals surface area contributed by atoms with Gasteiger partial charge >= 0.3 is 12.1 Å². The summed E-state index contributed by atoms with van der Waals surface area (Å²) in [4.78, 5) is 17.0. The molecule has 2 heterocycles. The fraction of sp³-hybridized carbons (Fsp3) is 0.600. The number of halogens is 3. The van der Waals surface area contributed by atoms with Crippen LogP contribution in [0.15, 0.2) is 18.2 Å². The monoisotopic (exact) mass is 332 g/mol. The van der Waals surface area contributed by atoms with Crippen LogP contribution in [0.4, 0.5) is 19.0 Å². The minimum Gasteiger partial charge on any atom is -0.481 e. The summed E-state index contributed by atoms with van der Waals surface area (Å²) in [5.41, 5.74) is -2.00. The van der Waals surface area contributed by atoms with Crippen LogP contribution in [0.25, 0.3) is 0 Å². The van der Waals surface area contributed by atoms with Crippen LogP contribution in [-0.4, -0.2) is 42.9 Å². The number of aliphatic carboxylic acids is 1. The quantitative estimate of drug-likeness (QED) is 0.898. The summed E-state index contributed by atoms with van der Waals surface area (Å²) < 4.78 is 43.3. The topological polar surface area (TPSA) is 62.7 Å². The van der Waals surface area contributed by atoms with Gasteiger partial charge in [-0.3, -0.25) is 4.79 Å². The van der Waals surface area contributed by atoms with Gasteiger partial charge in [0, 0.05) is 26.8 Å². The number of ether oxygens (including phenoxy) is 1. The Balaban J connectivity index is 2.25. The molecular formula is C15H19F3N2O3. The van der Waals surface area contributed by atoms with E-state index in [0.717, 1.165) is 6.07 Å². The van der Waals surface area contributed by atoms with E-state index in [1.807, 2.05) is 0 Å². The molecule has 0 bridgehead atoms. The smallest absolute Gasteiger partial charge is 0.433 e. The van der Waals surface area contributed by atoms with Crippen molar-refractivity contribution in [2.45, 2.75) is 25.4 Å². The van der Waals surface area contributed by atoms with Crippen LogP contribution in [0.1, 0.15) is 25.0 Å². The zero-order valence-corrected chi connectivity index (χ0v) is 12.8. The van der Waals surface area contributed by atoms with Crippen molar-refractivity contribution in [3.63, 3.8) is 0 Å². The second kappa shape index (κ2) is 6.74. The molecule has 2 rings (SSSR count). The van der Waals surface area contributed by atoms with Gasteiger partial charge in [-0.25, -0.2) is 4.98 Å². The zero-order chi connectivity index (χ0) is 17.1. The first-order valence-corrected chi connectivity index (χ1v) is 7.30. The molecule has 8 heteroatoms. The summed E-state index contributed by atoms with van der Waals surface area (Å²) in [6.07, 6.45) is -3.16. The molecule has 1 aliphatic heterocycles. The van der Waals surface area contributed by atoms with Gasteiger partial charge in [0.25, 0.3) is 0 Å². The van der Waals surface area contributed by atoms with E-state index in [2.05, 4.69) is 4.98 Å². The van der Waals surface area contributed by atoms with Crippen molar-refractivity contribution in [2.24, 2.45) is 5.41 Å². The second-order valence-electron chi connectivity index (χ2n) is 5.73. The van der Waals surface area contributed by atoms with Crippen LogP contribution >= 0.6 is 0 Å². The number of carbonyl (C=O) groups is 1. The first kappa shape index (κ1) is 17.5. The predicted octanol–water partition coefficient (Wildman–Crippen LogP) is 2.81. The number of carboxylic acid groups (broad SMARTS) is 1. The fourth-order valence-corrected chi connectivity index (χ4v) is 2.87. The maximum absolute atomic E-state index is 12.8. The molecule has 0 spiro atoms. The number of anilines is 1. The number of nitrogens with zero attached hydrogens (tertiary/aromatic N) is 2. The van der Waals surface area contributed by atoms with Gasteiger partial charge in [-0.15, -0.1) is 0 Å². The molecule has 1 atom stereocenters. The van der Waals surface area contributed by atoms with E-state index in [4.69, 9.17) is 4.74 Å². The standard InChI is InChI=1S/C15H19F3N2O3/c1-23-9-7-14(13(21)22)6-3-8-20(10-14)12-5-2-4-11(19-12)15(16,17)18/h2,4-5H,3,6-10H2,1H3,(H,21,22)/t14-/m0/s1. The Morgan fingerprint density at radius 2 is 2.22 bits per heavy atom. The van der Waals surface area contributed by atoms with E-state index in [9.17, 15) is 23.1 Å². The number of carboxylic acids is 1. The Morgan fingerprint density at radius 3 is 2.83 bits per heavy atom. The number of pyridine rings is 1. The number of aromatic nitrogens is 1. The van der Waals surface area contributed by atoms with Crippen LogP contribution in [-0.2, 0) is 15.7 Å². The van der Waals surface area contributed by atoms with Crippen molar-refractivity contribution in [1.29, 1.82) is 0 Å². The van der Waals surface area contributed by atoms with Gasteiger partial charge < -0.3 is 14.7 Å². The van der Waals surface area contributed by atoms with E-state index in [1.54, 1.807) is 4.90 Å². The molecule has 0 amide bonds. The normalized spacial score (nSPS) is 22.2. The van der Waals surface area contributed by atoms with Crippen LogP contribution in [0.3, 0.4) is 0 Å². The van der Waals surface area contributed by atoms with Crippen LogP contribution in [0.2, 0.25) is 0 Å². The lowest BCUT2D eigenvalue weighted by Gasteiger charge is -2.40. The number of alkyl halides is 3. The minimum absolute atomic E-state index is 0.125. The number of methoxy groups -OCH3 is 1. The molecule has 1 aliphatic rings. The summed E-state index contributed by atoms with van der Waals surface area (Å²) in [5.74, 6) is -0.797. The first-order chi connectivity index (χ1) is 10.8. The first-order valence-electron chi connectivity index (χ1n) is 7.30. The molecule has 1 N–H and O–H groups in total. The lowest BCUT2D eigenvalue weighted by atomic mass is 9.77. The van der Waals surface area contributed by atoms with Crippen molar-refractivity contribution in [3.8, 4) is 0 Å². The van der Waals surface area contributed by atoms with Crippen LogP contribution < -0.4 is 4.90 Å². The number of hydrogen-bond acceptors (Lipinski definition) is 4. The highest BCUT2D eigenvalue weighted by molar-refractivity contribution is 5.76. The molecule has 5 nitrogen and oxygen atoms in total. The second-order valence-corrected chi connectivity index (χ2v) is 5.73. The van der Waals surface area contributed by atoms with Gasteiger partial charge in [-0.05, 0) is 31.4 Å².